The maximum absolute atomic E-state index is 13.0. The second-order valence-electron chi connectivity index (χ2n) is 25.7. The van der Waals surface area contributed by atoms with Gasteiger partial charge in [-0.25, -0.2) is 9.13 Å². The Bertz CT molecular complexity index is 2550. The van der Waals surface area contributed by atoms with Crippen molar-refractivity contribution < 1.29 is 75.8 Å². The molecule has 0 rings (SSSR count). The Hall–Kier alpha value is -5.09. The van der Waals surface area contributed by atoms with Crippen molar-refractivity contribution in [2.45, 2.75) is 309 Å². The first-order valence-corrected chi connectivity index (χ1v) is 42.4. The van der Waals surface area contributed by atoms with Crippen molar-refractivity contribution >= 4 is 33.6 Å². The molecule has 5 unspecified atom stereocenters. The van der Waals surface area contributed by atoms with Gasteiger partial charge in [0.25, 0.3) is 0 Å². The Morgan fingerprint density at radius 1 is 0.272 bits per heavy atom. The molecule has 0 aromatic carbocycles. The van der Waals surface area contributed by atoms with Crippen LogP contribution in [0.25, 0.3) is 0 Å². The van der Waals surface area contributed by atoms with Crippen LogP contribution in [0, 0.1) is 0 Å². The van der Waals surface area contributed by atoms with Crippen LogP contribution in [0.4, 0.5) is 0 Å². The van der Waals surface area contributed by atoms with Crippen molar-refractivity contribution in [2.24, 2.45) is 0 Å². The van der Waals surface area contributed by atoms with Gasteiger partial charge in [-0.2, -0.15) is 0 Å². The van der Waals surface area contributed by atoms with Gasteiger partial charge in [0.15, 0.2) is 6.10 Å². The second-order valence-corrected chi connectivity index (χ2v) is 28.6. The Kier molecular flexibility index (Phi) is 72.8. The van der Waals surface area contributed by atoms with Crippen LogP contribution >= 0.6 is 15.6 Å². The van der Waals surface area contributed by atoms with E-state index in [4.69, 9.17) is 32.3 Å². The fourth-order valence-electron chi connectivity index (χ4n) is 10.0. The van der Waals surface area contributed by atoms with Crippen molar-refractivity contribution in [3.05, 3.63) is 170 Å². The number of hydrogen-bond donors (Lipinski definition) is 4. The van der Waals surface area contributed by atoms with Gasteiger partial charge in [-0.05, 0) is 148 Å². The van der Waals surface area contributed by atoms with Crippen LogP contribution in [0.3, 0.4) is 0 Å². The summed E-state index contributed by atoms with van der Waals surface area (Å²) >= 11 is 0. The van der Waals surface area contributed by atoms with Gasteiger partial charge in [0.1, 0.15) is 25.4 Å². The molecule has 0 heterocycles. The highest BCUT2D eigenvalue weighted by atomic mass is 31.2. The quantitative estimate of drug-likeness (QED) is 0.0146. The third kappa shape index (κ3) is 77.8. The smallest absolute Gasteiger partial charge is 0.463 e. The molecule has 103 heavy (non-hydrogen) atoms. The summed E-state index contributed by atoms with van der Waals surface area (Å²) in [5, 5.41) is 20.6. The minimum absolute atomic E-state index is 0.0849. The standard InChI is InChI=1S/C85H140O16P2/c1-4-7-10-13-16-19-22-25-28-31-33-35-37-38-39-40-42-44-45-48-50-53-56-59-62-65-68-71-83(88)95-74-80(86)75-97-102(91,92)98-76-81(87)77-99-103(93,94)100-79-82(101-85(90)73-70-67-64-61-58-55-52-47-30-27-24-21-18-15-12-9-6-3)78-96-84(89)72-69-66-63-60-57-54-51-49-46-43-41-36-34-32-29-26-23-20-17-14-11-8-5-2/h7-12,16-21,25-30,33-36,38-39,42-44,46,80-82,86-87H,4-6,13-15,22-24,31-32,37,40-41,45,47-79H2,1-3H3,(H,91,92)(H,93,94)/b10-7-,11-8-,12-9-,19-16-,20-17-,21-18-,28-25-,29-26-,30-27-,35-33-,36-34-,39-38-,44-42-,46-43-. The van der Waals surface area contributed by atoms with Crippen LogP contribution in [-0.2, 0) is 55.8 Å². The lowest BCUT2D eigenvalue weighted by Gasteiger charge is -2.21. The van der Waals surface area contributed by atoms with Crippen molar-refractivity contribution in [1.29, 1.82) is 0 Å². The summed E-state index contributed by atoms with van der Waals surface area (Å²) in [6, 6.07) is 0. The van der Waals surface area contributed by atoms with E-state index in [1.807, 2.05) is 0 Å². The third-order valence-electron chi connectivity index (χ3n) is 15.9. The van der Waals surface area contributed by atoms with Crippen LogP contribution < -0.4 is 0 Å². The van der Waals surface area contributed by atoms with Gasteiger partial charge >= 0.3 is 33.6 Å². The van der Waals surface area contributed by atoms with Gasteiger partial charge in [0.05, 0.1) is 26.4 Å². The van der Waals surface area contributed by atoms with Crippen molar-refractivity contribution in [3.63, 3.8) is 0 Å². The average Bonchev–Trinajstić information content (AvgIpc) is 0.929. The van der Waals surface area contributed by atoms with Gasteiger partial charge < -0.3 is 34.2 Å². The highest BCUT2D eigenvalue weighted by molar-refractivity contribution is 7.47. The number of carbonyl (C=O) groups is 3. The van der Waals surface area contributed by atoms with Crippen LogP contribution in [-0.4, -0.2) is 95.9 Å². The minimum atomic E-state index is -4.94. The highest BCUT2D eigenvalue weighted by Gasteiger charge is 2.29. The molecule has 0 fully saturated rings. The Labute approximate surface area is 624 Å². The molecule has 0 amide bonds. The lowest BCUT2D eigenvalue weighted by molar-refractivity contribution is -0.161. The normalized spacial score (nSPS) is 14.9. The van der Waals surface area contributed by atoms with E-state index >= 15 is 0 Å². The maximum atomic E-state index is 13.0. The summed E-state index contributed by atoms with van der Waals surface area (Å²) in [4.78, 5) is 58.7. The molecule has 0 radical (unpaired) electrons. The van der Waals surface area contributed by atoms with Gasteiger partial charge in [-0.3, -0.25) is 32.5 Å². The number of rotatable bonds is 73. The molecule has 18 heteroatoms. The first-order chi connectivity index (χ1) is 50.2. The number of phosphoric ester groups is 2. The molecule has 0 aliphatic rings. The molecule has 586 valence electrons. The van der Waals surface area contributed by atoms with E-state index in [-0.39, 0.29) is 19.3 Å². The molecule has 0 bridgehead atoms. The topological polar surface area (TPSA) is 231 Å². The lowest BCUT2D eigenvalue weighted by atomic mass is 10.1. The average molecular weight is 1480 g/mol. The fraction of sp³-hybridized carbons (Fsp3) is 0.635. The van der Waals surface area contributed by atoms with Crippen LogP contribution in [0.5, 0.6) is 0 Å². The van der Waals surface area contributed by atoms with Crippen LogP contribution in [0.15, 0.2) is 170 Å². The summed E-state index contributed by atoms with van der Waals surface area (Å²) in [6.45, 7) is 2.30. The molecule has 4 N–H and O–H groups in total. The van der Waals surface area contributed by atoms with Gasteiger partial charge in [0, 0.05) is 19.3 Å². The van der Waals surface area contributed by atoms with Crippen LogP contribution in [0.2, 0.25) is 0 Å². The van der Waals surface area contributed by atoms with Crippen molar-refractivity contribution in [3.8, 4) is 0 Å². The van der Waals surface area contributed by atoms with Crippen LogP contribution in [0.1, 0.15) is 290 Å². The largest absolute Gasteiger partial charge is 0.472 e. The summed E-state index contributed by atoms with van der Waals surface area (Å²) < 4.78 is 61.2. The minimum Gasteiger partial charge on any atom is -0.463 e. The van der Waals surface area contributed by atoms with E-state index < -0.39 is 91.5 Å². The number of hydrogen-bond acceptors (Lipinski definition) is 14. The summed E-state index contributed by atoms with van der Waals surface area (Å²) in [7, 11) is -9.81. The molecule has 0 aromatic rings. The van der Waals surface area contributed by atoms with E-state index in [1.165, 1.54) is 19.3 Å². The molecule has 0 saturated heterocycles. The summed E-state index contributed by atoms with van der Waals surface area (Å²) in [5.41, 5.74) is 0. The Morgan fingerprint density at radius 3 is 0.767 bits per heavy atom. The third-order valence-corrected chi connectivity index (χ3v) is 17.8. The highest BCUT2D eigenvalue weighted by Crippen LogP contribution is 2.45. The van der Waals surface area contributed by atoms with Gasteiger partial charge in [-0.15, -0.1) is 0 Å². The summed E-state index contributed by atoms with van der Waals surface area (Å²) in [5.74, 6) is -1.61. The molecular weight excluding hydrogens is 1340 g/mol. The van der Waals surface area contributed by atoms with E-state index in [1.54, 1.807) is 0 Å². The number of aliphatic hydroxyl groups excluding tert-OH is 2. The fourth-order valence-corrected chi connectivity index (χ4v) is 11.6. The maximum Gasteiger partial charge on any atom is 0.472 e. The Morgan fingerprint density at radius 2 is 0.485 bits per heavy atom. The molecule has 0 aliphatic heterocycles. The zero-order chi connectivity index (χ0) is 75.2. The van der Waals surface area contributed by atoms with E-state index in [2.05, 4.69) is 191 Å². The van der Waals surface area contributed by atoms with Gasteiger partial charge in [-0.1, -0.05) is 294 Å². The Balaban J connectivity index is 4.65. The molecule has 5 atom stereocenters. The predicted octanol–water partition coefficient (Wildman–Crippen LogP) is 23.2. The molecule has 16 nitrogen and oxygen atoms in total. The zero-order valence-electron chi connectivity index (χ0n) is 63.9. The number of esters is 3. The van der Waals surface area contributed by atoms with Gasteiger partial charge in [0.2, 0.25) is 0 Å². The molecular formula is C85H140O16P2. The molecule has 0 saturated carbocycles. The zero-order valence-corrected chi connectivity index (χ0v) is 65.7. The number of ether oxygens (including phenoxy) is 3. The van der Waals surface area contributed by atoms with E-state index in [9.17, 15) is 43.5 Å². The predicted molar refractivity (Wildman–Crippen MR) is 426 cm³/mol. The van der Waals surface area contributed by atoms with Crippen molar-refractivity contribution in [1.82, 2.24) is 0 Å². The van der Waals surface area contributed by atoms with E-state index in [0.717, 1.165) is 212 Å². The first kappa shape index (κ1) is 97.9. The van der Waals surface area contributed by atoms with Crippen molar-refractivity contribution in [2.75, 3.05) is 39.6 Å². The van der Waals surface area contributed by atoms with E-state index in [0.29, 0.717) is 19.3 Å². The number of unbranched alkanes of at least 4 members (excludes halogenated alkanes) is 22. The number of allylic oxidation sites excluding steroid dienone is 28. The first-order valence-electron chi connectivity index (χ1n) is 39.4. The summed E-state index contributed by atoms with van der Waals surface area (Å²) in [6.07, 6.45) is 96.7. The lowest BCUT2D eigenvalue weighted by Crippen LogP contribution is -2.30. The number of carbonyl (C=O) groups excluding carboxylic acids is 3. The SMILES string of the molecule is CC/C=C\C/C=C\C/C=C\C/C=C\C/C=C\C/C=C\CCCCCCCCCCC(=O)OCC(O)COP(=O)(O)OCC(O)COP(=O)(O)OCC(COC(=O)CCCCCCCCC/C=C\C/C=C\C/C=C\C/C=C\C/C=C\CC)OC(=O)CCCCCCCCC/C=C\C/C=C\C/C=C\CC. The number of phosphoric acid groups is 2. The number of aliphatic hydroxyl groups is 2. The monoisotopic (exact) mass is 1480 g/mol. The molecule has 0 spiro atoms. The molecule has 0 aliphatic carbocycles. The molecule has 0 aromatic heterocycles. The second kappa shape index (κ2) is 76.6.